The normalized spacial score (nSPS) is 14.0. The third-order valence-corrected chi connectivity index (χ3v) is 5.31. The molecule has 2 rings (SSSR count). The van der Waals surface area contributed by atoms with Crippen molar-refractivity contribution in [2.45, 2.75) is 31.5 Å². The summed E-state index contributed by atoms with van der Waals surface area (Å²) in [6.45, 7) is 1.72. The molecule has 0 fully saturated rings. The van der Waals surface area contributed by atoms with E-state index >= 15 is 0 Å². The molecule has 0 radical (unpaired) electrons. The molecule has 1 heterocycles. The number of nitrogens with zero attached hydrogens (tertiary/aromatic N) is 1. The minimum atomic E-state index is -4.79. The van der Waals surface area contributed by atoms with E-state index in [2.05, 4.69) is 0 Å². The highest BCUT2D eigenvalue weighted by atomic mass is 35.5. The molecule has 0 amide bonds. The van der Waals surface area contributed by atoms with Crippen molar-refractivity contribution in [3.63, 3.8) is 0 Å². The van der Waals surface area contributed by atoms with Crippen molar-refractivity contribution in [3.8, 4) is 11.8 Å². The smallest absolute Gasteiger partial charge is 0.414 e. The van der Waals surface area contributed by atoms with E-state index in [1.165, 1.54) is 25.3 Å². The van der Waals surface area contributed by atoms with E-state index in [9.17, 15) is 18.3 Å². The Balaban J connectivity index is 2.45. The number of aryl methyl sites for hydroxylation is 1. The van der Waals surface area contributed by atoms with Crippen LogP contribution in [0.15, 0.2) is 24.3 Å². The van der Waals surface area contributed by atoms with Gasteiger partial charge < -0.3 is 9.84 Å². The fourth-order valence-corrected chi connectivity index (χ4v) is 3.87. The molecule has 2 aromatic rings. The van der Waals surface area contributed by atoms with Crippen molar-refractivity contribution in [2.24, 2.45) is 0 Å². The summed E-state index contributed by atoms with van der Waals surface area (Å²) in [6, 6.07) is 8.00. The molecule has 0 saturated heterocycles. The van der Waals surface area contributed by atoms with Crippen LogP contribution in [-0.4, -0.2) is 24.5 Å². The van der Waals surface area contributed by atoms with Gasteiger partial charge in [-0.25, -0.2) is 0 Å². The predicted molar refractivity (Wildman–Crippen MR) is 90.3 cm³/mol. The van der Waals surface area contributed by atoms with Crippen LogP contribution in [0.25, 0.3) is 0 Å². The zero-order valence-corrected chi connectivity index (χ0v) is 15.0. The number of nitriles is 1. The summed E-state index contributed by atoms with van der Waals surface area (Å²) in [6.07, 6.45) is -7.45. The lowest BCUT2D eigenvalue weighted by molar-refractivity contribution is -0.210. The van der Waals surface area contributed by atoms with E-state index < -0.39 is 18.2 Å². The number of alkyl halides is 3. The van der Waals surface area contributed by atoms with Crippen molar-refractivity contribution in [1.82, 2.24) is 0 Å². The molecule has 8 heteroatoms. The number of aliphatic hydroxyl groups is 1. The molecule has 0 spiro atoms. The standard InChI is InChI=1S/C17H15ClF3NO2S/c1-9-5-11(25-15(9)8-22)7-13(16(23)17(19,20)21)12-4-3-10(24-2)6-14(12)18/h3-6,13,16,23H,7H2,1-2H3. The van der Waals surface area contributed by atoms with Gasteiger partial charge in [0.05, 0.1) is 7.11 Å². The summed E-state index contributed by atoms with van der Waals surface area (Å²) in [4.78, 5) is 1.02. The van der Waals surface area contributed by atoms with Crippen LogP contribution in [0.5, 0.6) is 5.75 Å². The fourth-order valence-electron chi connectivity index (χ4n) is 2.53. The Bertz CT molecular complexity index is 798. The molecule has 2 unspecified atom stereocenters. The number of rotatable bonds is 5. The van der Waals surface area contributed by atoms with Gasteiger partial charge in [-0.15, -0.1) is 11.3 Å². The number of aliphatic hydroxyl groups excluding tert-OH is 1. The summed E-state index contributed by atoms with van der Waals surface area (Å²) in [5.74, 6) is -0.879. The Morgan fingerprint density at radius 3 is 2.52 bits per heavy atom. The molecule has 0 aliphatic heterocycles. The maximum atomic E-state index is 13.1. The lowest BCUT2D eigenvalue weighted by Gasteiger charge is -2.26. The molecule has 1 N–H and O–H groups in total. The van der Waals surface area contributed by atoms with Crippen molar-refractivity contribution >= 4 is 22.9 Å². The Labute approximate surface area is 152 Å². The molecular weight excluding hydrogens is 375 g/mol. The highest BCUT2D eigenvalue weighted by molar-refractivity contribution is 7.12. The van der Waals surface area contributed by atoms with Gasteiger partial charge in [-0.2, -0.15) is 18.4 Å². The second-order valence-corrected chi connectivity index (χ2v) is 7.07. The van der Waals surface area contributed by atoms with Gasteiger partial charge >= 0.3 is 6.18 Å². The van der Waals surface area contributed by atoms with Crippen LogP contribution in [0.2, 0.25) is 5.02 Å². The molecule has 25 heavy (non-hydrogen) atoms. The van der Waals surface area contributed by atoms with E-state index in [4.69, 9.17) is 21.6 Å². The molecule has 2 atom stereocenters. The minimum absolute atomic E-state index is 0.0834. The van der Waals surface area contributed by atoms with Crippen molar-refractivity contribution in [1.29, 1.82) is 5.26 Å². The van der Waals surface area contributed by atoms with Crippen molar-refractivity contribution in [3.05, 3.63) is 50.2 Å². The first kappa shape index (κ1) is 19.6. The third-order valence-electron chi connectivity index (χ3n) is 3.82. The molecule has 0 aliphatic carbocycles. The van der Waals surface area contributed by atoms with Gasteiger partial charge in [0.25, 0.3) is 0 Å². The average molecular weight is 390 g/mol. The first-order valence-electron chi connectivity index (χ1n) is 7.25. The Hall–Kier alpha value is -1.75. The highest BCUT2D eigenvalue weighted by Gasteiger charge is 2.44. The van der Waals surface area contributed by atoms with Crippen LogP contribution in [0, 0.1) is 18.3 Å². The van der Waals surface area contributed by atoms with Crippen LogP contribution in [0.1, 0.15) is 26.8 Å². The molecule has 134 valence electrons. The largest absolute Gasteiger partial charge is 0.497 e. The van der Waals surface area contributed by atoms with Crippen LogP contribution in [-0.2, 0) is 6.42 Å². The Kier molecular flexibility index (Phi) is 5.99. The molecule has 1 aromatic carbocycles. The number of hydrogen-bond acceptors (Lipinski definition) is 4. The lowest BCUT2D eigenvalue weighted by atomic mass is 9.89. The predicted octanol–water partition coefficient (Wildman–Crippen LogP) is 4.84. The molecule has 0 aliphatic rings. The van der Waals surface area contributed by atoms with E-state index in [0.29, 0.717) is 21.1 Å². The maximum Gasteiger partial charge on any atom is 0.414 e. The second kappa shape index (κ2) is 7.65. The number of hydrogen-bond donors (Lipinski definition) is 1. The monoisotopic (exact) mass is 389 g/mol. The first-order chi connectivity index (χ1) is 11.7. The summed E-state index contributed by atoms with van der Waals surface area (Å²) in [5, 5.41) is 19.0. The summed E-state index contributed by atoms with van der Waals surface area (Å²) < 4.78 is 44.5. The van der Waals surface area contributed by atoms with Gasteiger partial charge in [0.15, 0.2) is 6.10 Å². The molecule has 3 nitrogen and oxygen atoms in total. The number of thiophene rings is 1. The van der Waals surface area contributed by atoms with E-state index in [-0.39, 0.29) is 17.0 Å². The van der Waals surface area contributed by atoms with Gasteiger partial charge in [0.2, 0.25) is 0 Å². The number of benzene rings is 1. The van der Waals surface area contributed by atoms with E-state index in [1.54, 1.807) is 13.0 Å². The van der Waals surface area contributed by atoms with Gasteiger partial charge in [-0.05, 0) is 42.7 Å². The summed E-state index contributed by atoms with van der Waals surface area (Å²) >= 11 is 7.24. The van der Waals surface area contributed by atoms with Crippen molar-refractivity contribution < 1.29 is 23.0 Å². The molecule has 0 bridgehead atoms. The molecular formula is C17H15ClF3NO2S. The van der Waals surface area contributed by atoms with Crippen LogP contribution in [0.4, 0.5) is 13.2 Å². The third kappa shape index (κ3) is 4.46. The number of halogens is 4. The average Bonchev–Trinajstić information content (AvgIpc) is 2.91. The van der Waals surface area contributed by atoms with Crippen LogP contribution < -0.4 is 4.74 Å². The minimum Gasteiger partial charge on any atom is -0.497 e. The fraction of sp³-hybridized carbons (Fsp3) is 0.353. The lowest BCUT2D eigenvalue weighted by Crippen LogP contribution is -2.35. The second-order valence-electron chi connectivity index (χ2n) is 5.52. The Morgan fingerprint density at radius 1 is 1.36 bits per heavy atom. The zero-order valence-electron chi connectivity index (χ0n) is 13.4. The summed E-state index contributed by atoms with van der Waals surface area (Å²) in [7, 11) is 1.42. The van der Waals surface area contributed by atoms with E-state index in [1.807, 2.05) is 6.07 Å². The van der Waals surface area contributed by atoms with Gasteiger partial charge in [-0.3, -0.25) is 0 Å². The van der Waals surface area contributed by atoms with Crippen molar-refractivity contribution in [2.75, 3.05) is 7.11 Å². The van der Waals surface area contributed by atoms with Crippen LogP contribution >= 0.6 is 22.9 Å². The zero-order chi connectivity index (χ0) is 18.8. The SMILES string of the molecule is COc1ccc(C(Cc2cc(C)c(C#N)s2)C(O)C(F)(F)F)c(Cl)c1. The number of methoxy groups -OCH3 is 1. The van der Waals surface area contributed by atoms with Gasteiger partial charge in [0, 0.05) is 15.8 Å². The number of ether oxygens (including phenoxy) is 1. The van der Waals surface area contributed by atoms with E-state index in [0.717, 1.165) is 11.3 Å². The van der Waals surface area contributed by atoms with Gasteiger partial charge in [0.1, 0.15) is 16.7 Å². The summed E-state index contributed by atoms with van der Waals surface area (Å²) in [5.41, 5.74) is 0.875. The topological polar surface area (TPSA) is 53.2 Å². The maximum absolute atomic E-state index is 13.1. The molecule has 1 aromatic heterocycles. The highest BCUT2D eigenvalue weighted by Crippen LogP contribution is 2.39. The first-order valence-corrected chi connectivity index (χ1v) is 8.44. The molecule has 0 saturated carbocycles. The Morgan fingerprint density at radius 2 is 2.04 bits per heavy atom. The quantitative estimate of drug-likeness (QED) is 0.796. The van der Waals surface area contributed by atoms with Gasteiger partial charge in [-0.1, -0.05) is 17.7 Å². The van der Waals surface area contributed by atoms with Crippen LogP contribution in [0.3, 0.4) is 0 Å².